The summed E-state index contributed by atoms with van der Waals surface area (Å²) in [6.07, 6.45) is 1.48. The first kappa shape index (κ1) is 26.2. The smallest absolute Gasteiger partial charge is 0.275 e. The first-order chi connectivity index (χ1) is 17.8. The van der Waals surface area contributed by atoms with Crippen LogP contribution in [-0.4, -0.2) is 20.0 Å². The maximum absolute atomic E-state index is 12.8. The van der Waals surface area contributed by atoms with Crippen molar-refractivity contribution in [1.29, 1.82) is 0 Å². The molecular weight excluding hydrogens is 514 g/mol. The van der Waals surface area contributed by atoms with Gasteiger partial charge >= 0.3 is 0 Å². The van der Waals surface area contributed by atoms with Crippen molar-refractivity contribution in [2.24, 2.45) is 5.10 Å². The molecule has 0 aliphatic carbocycles. The van der Waals surface area contributed by atoms with Crippen LogP contribution in [0.1, 0.15) is 34.2 Å². The van der Waals surface area contributed by atoms with E-state index in [4.69, 9.17) is 20.8 Å². The van der Waals surface area contributed by atoms with Crippen molar-refractivity contribution in [3.05, 3.63) is 119 Å². The number of furan rings is 1. The van der Waals surface area contributed by atoms with Crippen molar-refractivity contribution < 1.29 is 22.4 Å². The largest absolute Gasteiger partial charge is 0.488 e. The van der Waals surface area contributed by atoms with Gasteiger partial charge in [-0.3, -0.25) is 4.79 Å². The normalized spacial score (nSPS) is 11.8. The number of amides is 1. The molecule has 0 saturated heterocycles. The topological polar surface area (TPSA) is 110 Å². The van der Waals surface area contributed by atoms with Gasteiger partial charge in [0.1, 0.15) is 18.1 Å². The van der Waals surface area contributed by atoms with Gasteiger partial charge in [-0.1, -0.05) is 48.0 Å². The van der Waals surface area contributed by atoms with E-state index in [2.05, 4.69) is 15.2 Å². The summed E-state index contributed by atoms with van der Waals surface area (Å²) < 4.78 is 38.5. The number of nitrogens with zero attached hydrogens (tertiary/aromatic N) is 1. The molecule has 0 bridgehead atoms. The van der Waals surface area contributed by atoms with Crippen molar-refractivity contribution in [3.8, 4) is 5.75 Å². The predicted molar refractivity (Wildman–Crippen MR) is 141 cm³/mol. The first-order valence-electron chi connectivity index (χ1n) is 11.3. The first-order valence-corrected chi connectivity index (χ1v) is 13.1. The maximum Gasteiger partial charge on any atom is 0.275 e. The van der Waals surface area contributed by atoms with Gasteiger partial charge in [0.05, 0.1) is 29.0 Å². The molecule has 1 amide bonds. The highest BCUT2D eigenvalue weighted by Gasteiger charge is 2.15. The standard InChI is InChI=1S/C27H24ClN3O5S/c1-19(21-10-14-24(15-11-21)37(33,34)29-17-23-5-4-16-35-23)30-31-27(32)25-6-2-3-7-26(25)36-18-20-8-12-22(28)13-9-20/h2-16,29H,17-18H2,1H3,(H,31,32)/b30-19-. The number of para-hydroxylation sites is 1. The lowest BCUT2D eigenvalue weighted by molar-refractivity contribution is 0.0950. The third kappa shape index (κ3) is 7.07. The lowest BCUT2D eigenvalue weighted by Crippen LogP contribution is -2.23. The van der Waals surface area contributed by atoms with Crippen LogP contribution < -0.4 is 14.9 Å². The second kappa shape index (κ2) is 11.9. The molecular formula is C27H24ClN3O5S. The van der Waals surface area contributed by atoms with Crippen LogP contribution in [0.5, 0.6) is 5.75 Å². The molecule has 0 aliphatic heterocycles. The summed E-state index contributed by atoms with van der Waals surface area (Å²) in [5.41, 5.74) is 4.93. The molecule has 0 fully saturated rings. The number of sulfonamides is 1. The Hall–Kier alpha value is -3.92. The predicted octanol–water partition coefficient (Wildman–Crippen LogP) is 5.14. The van der Waals surface area contributed by atoms with Crippen LogP contribution in [0.4, 0.5) is 0 Å². The van der Waals surface area contributed by atoms with E-state index in [0.29, 0.717) is 33.4 Å². The third-order valence-electron chi connectivity index (χ3n) is 5.36. The van der Waals surface area contributed by atoms with Gasteiger partial charge in [0.25, 0.3) is 5.91 Å². The fraction of sp³-hybridized carbons (Fsp3) is 0.111. The molecule has 190 valence electrons. The molecule has 0 atom stereocenters. The molecule has 0 spiro atoms. The summed E-state index contributed by atoms with van der Waals surface area (Å²) in [5, 5.41) is 4.81. The molecule has 1 heterocycles. The van der Waals surface area contributed by atoms with Crippen LogP contribution in [0.15, 0.2) is 106 Å². The molecule has 10 heteroatoms. The zero-order chi connectivity index (χ0) is 26.3. The van der Waals surface area contributed by atoms with Crippen LogP contribution in [-0.2, 0) is 23.2 Å². The Morgan fingerprint density at radius 3 is 2.41 bits per heavy atom. The van der Waals surface area contributed by atoms with E-state index in [1.807, 2.05) is 12.1 Å². The molecule has 2 N–H and O–H groups in total. The summed E-state index contributed by atoms with van der Waals surface area (Å²) in [4.78, 5) is 12.9. The molecule has 0 aliphatic rings. The van der Waals surface area contributed by atoms with Gasteiger partial charge in [0.2, 0.25) is 10.0 Å². The monoisotopic (exact) mass is 537 g/mol. The minimum absolute atomic E-state index is 0.0501. The Morgan fingerprint density at radius 1 is 0.973 bits per heavy atom. The minimum Gasteiger partial charge on any atom is -0.488 e. The summed E-state index contributed by atoms with van der Waals surface area (Å²) in [7, 11) is -3.71. The van der Waals surface area contributed by atoms with E-state index in [1.165, 1.54) is 18.4 Å². The van der Waals surface area contributed by atoms with E-state index in [1.54, 1.807) is 67.6 Å². The Balaban J connectivity index is 1.38. The van der Waals surface area contributed by atoms with Crippen molar-refractivity contribution in [1.82, 2.24) is 10.1 Å². The highest BCUT2D eigenvalue weighted by Crippen LogP contribution is 2.20. The van der Waals surface area contributed by atoms with Gasteiger partial charge in [-0.05, 0) is 66.6 Å². The average molecular weight is 538 g/mol. The van der Waals surface area contributed by atoms with Crippen LogP contribution in [0.25, 0.3) is 0 Å². The van der Waals surface area contributed by atoms with Crippen LogP contribution in [0.2, 0.25) is 5.02 Å². The van der Waals surface area contributed by atoms with Gasteiger partial charge in [0, 0.05) is 5.02 Å². The highest BCUT2D eigenvalue weighted by atomic mass is 35.5. The molecule has 0 radical (unpaired) electrons. The lowest BCUT2D eigenvalue weighted by atomic mass is 10.1. The number of halogens is 1. The van der Waals surface area contributed by atoms with Crippen molar-refractivity contribution in [2.75, 3.05) is 0 Å². The van der Waals surface area contributed by atoms with E-state index >= 15 is 0 Å². The highest BCUT2D eigenvalue weighted by molar-refractivity contribution is 7.89. The van der Waals surface area contributed by atoms with Crippen molar-refractivity contribution in [2.45, 2.75) is 25.0 Å². The quantitative estimate of drug-likeness (QED) is 0.215. The molecule has 0 unspecified atom stereocenters. The SMILES string of the molecule is C/C(=N/NC(=O)c1ccccc1OCc1ccc(Cl)cc1)c1ccc(S(=O)(=O)NCc2ccco2)cc1. The Morgan fingerprint density at radius 2 is 1.70 bits per heavy atom. The van der Waals surface area contributed by atoms with E-state index < -0.39 is 15.9 Å². The number of hydrogen-bond acceptors (Lipinski definition) is 6. The van der Waals surface area contributed by atoms with Crippen molar-refractivity contribution in [3.63, 3.8) is 0 Å². The summed E-state index contributed by atoms with van der Waals surface area (Å²) in [5.74, 6) is 0.489. The van der Waals surface area contributed by atoms with Crippen molar-refractivity contribution >= 4 is 33.2 Å². The second-order valence-corrected chi connectivity index (χ2v) is 10.2. The summed E-state index contributed by atoms with van der Waals surface area (Å²) >= 11 is 5.92. The number of rotatable bonds is 10. The van der Waals surface area contributed by atoms with Gasteiger partial charge in [-0.15, -0.1) is 0 Å². The Labute approximate surface area is 220 Å². The van der Waals surface area contributed by atoms with Crippen LogP contribution in [0, 0.1) is 0 Å². The molecule has 8 nitrogen and oxygen atoms in total. The van der Waals surface area contributed by atoms with Crippen LogP contribution >= 0.6 is 11.6 Å². The van der Waals surface area contributed by atoms with Gasteiger partial charge < -0.3 is 9.15 Å². The zero-order valence-corrected chi connectivity index (χ0v) is 21.4. The Bertz CT molecular complexity index is 1480. The molecule has 37 heavy (non-hydrogen) atoms. The number of ether oxygens (including phenoxy) is 1. The van der Waals surface area contributed by atoms with Gasteiger partial charge in [-0.2, -0.15) is 5.10 Å². The number of hydrogen-bond donors (Lipinski definition) is 2. The van der Waals surface area contributed by atoms with E-state index in [9.17, 15) is 13.2 Å². The maximum atomic E-state index is 12.8. The molecule has 0 saturated carbocycles. The number of carbonyl (C=O) groups is 1. The number of nitrogens with one attached hydrogen (secondary N) is 2. The fourth-order valence-electron chi connectivity index (χ4n) is 3.32. The summed E-state index contributed by atoms with van der Waals surface area (Å²) in [6.45, 7) is 2.03. The lowest BCUT2D eigenvalue weighted by Gasteiger charge is -2.11. The Kier molecular flexibility index (Phi) is 8.39. The average Bonchev–Trinajstić information content (AvgIpc) is 3.44. The van der Waals surface area contributed by atoms with E-state index in [-0.39, 0.29) is 18.0 Å². The molecule has 3 aromatic carbocycles. The molecule has 1 aromatic heterocycles. The second-order valence-electron chi connectivity index (χ2n) is 7.98. The van der Waals surface area contributed by atoms with Gasteiger partial charge in [-0.25, -0.2) is 18.6 Å². The minimum atomic E-state index is -3.71. The summed E-state index contributed by atoms with van der Waals surface area (Å²) in [6, 6.07) is 23.7. The van der Waals surface area contributed by atoms with Gasteiger partial charge in [0.15, 0.2) is 0 Å². The van der Waals surface area contributed by atoms with Crippen LogP contribution in [0.3, 0.4) is 0 Å². The number of hydrazone groups is 1. The number of carbonyl (C=O) groups excluding carboxylic acids is 1. The van der Waals surface area contributed by atoms with E-state index in [0.717, 1.165) is 5.56 Å². The molecule has 4 aromatic rings. The number of benzene rings is 3. The fourth-order valence-corrected chi connectivity index (χ4v) is 4.44. The zero-order valence-electron chi connectivity index (χ0n) is 19.8. The molecule has 4 rings (SSSR count). The third-order valence-corrected chi connectivity index (χ3v) is 7.03.